The molecule has 2 rings (SSSR count). The molecular weight excluding hydrogens is 238 g/mol. The van der Waals surface area contributed by atoms with Crippen molar-refractivity contribution in [2.24, 2.45) is 0 Å². The molecule has 1 N–H and O–H groups in total. The van der Waals surface area contributed by atoms with Gasteiger partial charge in [-0.1, -0.05) is 30.5 Å². The normalized spacial score (nSPS) is 15.9. The summed E-state index contributed by atoms with van der Waals surface area (Å²) in [5.41, 5.74) is 2.48. The van der Waals surface area contributed by atoms with Crippen molar-refractivity contribution in [2.45, 2.75) is 45.3 Å². The van der Waals surface area contributed by atoms with Crippen LogP contribution >= 0.6 is 0 Å². The summed E-state index contributed by atoms with van der Waals surface area (Å²) in [6, 6.07) is 6.27. The highest BCUT2D eigenvalue weighted by Gasteiger charge is 2.14. The van der Waals surface area contributed by atoms with E-state index in [0.717, 1.165) is 25.4 Å². The van der Waals surface area contributed by atoms with Crippen LogP contribution in [0.25, 0.3) is 0 Å². The van der Waals surface area contributed by atoms with Gasteiger partial charge in [0.05, 0.1) is 19.8 Å². The van der Waals surface area contributed by atoms with E-state index in [2.05, 4.69) is 24.4 Å². The van der Waals surface area contributed by atoms with Crippen molar-refractivity contribution in [3.05, 3.63) is 29.3 Å². The van der Waals surface area contributed by atoms with Crippen LogP contribution in [0.15, 0.2) is 18.2 Å². The Morgan fingerprint density at radius 1 is 1.26 bits per heavy atom. The molecule has 3 nitrogen and oxygen atoms in total. The van der Waals surface area contributed by atoms with E-state index in [1.165, 1.54) is 36.8 Å². The summed E-state index contributed by atoms with van der Waals surface area (Å²) < 4.78 is 11.2. The Hall–Kier alpha value is -1.06. The SMILES string of the molecule is COc1ccc(C)cc1CNCCOC1CCCC1. The van der Waals surface area contributed by atoms with Gasteiger partial charge in [0.15, 0.2) is 0 Å². The van der Waals surface area contributed by atoms with Crippen LogP contribution in [0.4, 0.5) is 0 Å². The van der Waals surface area contributed by atoms with E-state index < -0.39 is 0 Å². The lowest BCUT2D eigenvalue weighted by atomic mass is 10.1. The predicted octanol–water partition coefficient (Wildman–Crippen LogP) is 3.05. The highest BCUT2D eigenvalue weighted by atomic mass is 16.5. The zero-order chi connectivity index (χ0) is 13.5. The first kappa shape index (κ1) is 14.4. The lowest BCUT2D eigenvalue weighted by Gasteiger charge is -2.13. The van der Waals surface area contributed by atoms with Gasteiger partial charge in [-0.2, -0.15) is 0 Å². The molecule has 0 aliphatic heterocycles. The molecule has 3 heteroatoms. The fraction of sp³-hybridized carbons (Fsp3) is 0.625. The minimum absolute atomic E-state index is 0.510. The van der Waals surface area contributed by atoms with Gasteiger partial charge in [-0.3, -0.25) is 0 Å². The summed E-state index contributed by atoms with van der Waals surface area (Å²) in [6.07, 6.45) is 5.66. The number of nitrogens with one attached hydrogen (secondary N) is 1. The van der Waals surface area contributed by atoms with Crippen molar-refractivity contribution in [3.63, 3.8) is 0 Å². The van der Waals surface area contributed by atoms with Gasteiger partial charge in [0.1, 0.15) is 5.75 Å². The monoisotopic (exact) mass is 263 g/mol. The average molecular weight is 263 g/mol. The standard InChI is InChI=1S/C16H25NO2/c1-13-7-8-16(18-2)14(11-13)12-17-9-10-19-15-5-3-4-6-15/h7-8,11,15,17H,3-6,9-10,12H2,1-2H3. The Balaban J connectivity index is 1.68. The zero-order valence-electron chi connectivity index (χ0n) is 12.1. The largest absolute Gasteiger partial charge is 0.496 e. The summed E-state index contributed by atoms with van der Waals surface area (Å²) in [5.74, 6) is 0.954. The molecule has 0 heterocycles. The van der Waals surface area contributed by atoms with Gasteiger partial charge in [-0.15, -0.1) is 0 Å². The van der Waals surface area contributed by atoms with Crippen LogP contribution < -0.4 is 10.1 Å². The molecule has 1 saturated carbocycles. The second-order valence-electron chi connectivity index (χ2n) is 5.27. The van der Waals surface area contributed by atoms with Crippen LogP contribution in [0.5, 0.6) is 5.75 Å². The summed E-state index contributed by atoms with van der Waals surface area (Å²) in [5, 5.41) is 3.42. The number of methoxy groups -OCH3 is 1. The lowest BCUT2D eigenvalue weighted by Crippen LogP contribution is -2.22. The van der Waals surface area contributed by atoms with Crippen molar-refractivity contribution in [1.29, 1.82) is 0 Å². The summed E-state index contributed by atoms with van der Waals surface area (Å²) >= 11 is 0. The van der Waals surface area contributed by atoms with E-state index >= 15 is 0 Å². The van der Waals surface area contributed by atoms with E-state index in [-0.39, 0.29) is 0 Å². The first-order valence-electron chi connectivity index (χ1n) is 7.25. The van der Waals surface area contributed by atoms with Crippen molar-refractivity contribution in [3.8, 4) is 5.75 Å². The molecule has 0 spiro atoms. The highest BCUT2D eigenvalue weighted by Crippen LogP contribution is 2.21. The molecule has 1 aliphatic rings. The van der Waals surface area contributed by atoms with Crippen LogP contribution in [0.1, 0.15) is 36.8 Å². The molecule has 0 radical (unpaired) electrons. The smallest absolute Gasteiger partial charge is 0.123 e. The molecule has 1 aliphatic carbocycles. The fourth-order valence-electron chi connectivity index (χ4n) is 2.62. The Morgan fingerprint density at radius 2 is 2.05 bits per heavy atom. The molecular formula is C16H25NO2. The van der Waals surface area contributed by atoms with E-state index in [4.69, 9.17) is 9.47 Å². The van der Waals surface area contributed by atoms with E-state index in [0.29, 0.717) is 6.10 Å². The summed E-state index contributed by atoms with van der Waals surface area (Å²) in [7, 11) is 1.72. The number of rotatable bonds is 7. The maximum Gasteiger partial charge on any atom is 0.123 e. The van der Waals surface area contributed by atoms with Gasteiger partial charge in [-0.25, -0.2) is 0 Å². The number of hydrogen-bond donors (Lipinski definition) is 1. The van der Waals surface area contributed by atoms with E-state index in [1.807, 2.05) is 6.07 Å². The van der Waals surface area contributed by atoms with Crippen LogP contribution in [0.3, 0.4) is 0 Å². The van der Waals surface area contributed by atoms with Crippen molar-refractivity contribution >= 4 is 0 Å². The van der Waals surface area contributed by atoms with Gasteiger partial charge in [0.2, 0.25) is 0 Å². The quantitative estimate of drug-likeness (QED) is 0.767. The third kappa shape index (κ3) is 4.51. The third-order valence-corrected chi connectivity index (χ3v) is 3.69. The topological polar surface area (TPSA) is 30.5 Å². The van der Waals surface area contributed by atoms with E-state index in [1.54, 1.807) is 7.11 Å². The second kappa shape index (κ2) is 7.51. The maximum absolute atomic E-state index is 5.83. The molecule has 0 unspecified atom stereocenters. The number of ether oxygens (including phenoxy) is 2. The Labute approximate surface area is 116 Å². The molecule has 106 valence electrons. The third-order valence-electron chi connectivity index (χ3n) is 3.69. The van der Waals surface area contributed by atoms with Gasteiger partial charge < -0.3 is 14.8 Å². The van der Waals surface area contributed by atoms with Gasteiger partial charge in [0, 0.05) is 18.7 Å². The Morgan fingerprint density at radius 3 is 2.79 bits per heavy atom. The number of benzene rings is 1. The van der Waals surface area contributed by atoms with Gasteiger partial charge in [-0.05, 0) is 25.8 Å². The number of aryl methyl sites for hydroxylation is 1. The van der Waals surface area contributed by atoms with Gasteiger partial charge in [0.25, 0.3) is 0 Å². The van der Waals surface area contributed by atoms with E-state index in [9.17, 15) is 0 Å². The summed E-state index contributed by atoms with van der Waals surface area (Å²) in [6.45, 7) is 4.64. The molecule has 0 saturated heterocycles. The van der Waals surface area contributed by atoms with Crippen LogP contribution in [-0.2, 0) is 11.3 Å². The minimum Gasteiger partial charge on any atom is -0.496 e. The van der Waals surface area contributed by atoms with Crippen LogP contribution in [0, 0.1) is 6.92 Å². The zero-order valence-corrected chi connectivity index (χ0v) is 12.1. The Kier molecular flexibility index (Phi) is 5.67. The molecule has 1 fully saturated rings. The van der Waals surface area contributed by atoms with Gasteiger partial charge >= 0.3 is 0 Å². The van der Waals surface area contributed by atoms with Crippen LogP contribution in [-0.4, -0.2) is 26.4 Å². The molecule has 1 aromatic carbocycles. The average Bonchev–Trinajstić information content (AvgIpc) is 2.92. The first-order chi connectivity index (χ1) is 9.29. The molecule has 0 aromatic heterocycles. The fourth-order valence-corrected chi connectivity index (χ4v) is 2.62. The highest BCUT2D eigenvalue weighted by molar-refractivity contribution is 5.36. The maximum atomic E-state index is 5.83. The predicted molar refractivity (Wildman–Crippen MR) is 77.6 cm³/mol. The second-order valence-corrected chi connectivity index (χ2v) is 5.27. The summed E-state index contributed by atoms with van der Waals surface area (Å²) in [4.78, 5) is 0. The van der Waals surface area contributed by atoms with Crippen molar-refractivity contribution in [1.82, 2.24) is 5.32 Å². The van der Waals surface area contributed by atoms with Crippen molar-refractivity contribution < 1.29 is 9.47 Å². The molecule has 0 bridgehead atoms. The number of hydrogen-bond acceptors (Lipinski definition) is 3. The molecule has 1 aromatic rings. The van der Waals surface area contributed by atoms with Crippen LogP contribution in [0.2, 0.25) is 0 Å². The lowest BCUT2D eigenvalue weighted by molar-refractivity contribution is 0.0602. The molecule has 0 atom stereocenters. The first-order valence-corrected chi connectivity index (χ1v) is 7.25. The van der Waals surface area contributed by atoms with Crippen molar-refractivity contribution in [2.75, 3.05) is 20.3 Å². The molecule has 0 amide bonds. The minimum atomic E-state index is 0.510. The Bertz CT molecular complexity index is 386. The molecule has 19 heavy (non-hydrogen) atoms.